The maximum atomic E-state index is 8.93. The van der Waals surface area contributed by atoms with E-state index in [1.54, 1.807) is 18.2 Å². The van der Waals surface area contributed by atoms with Gasteiger partial charge >= 0.3 is 0 Å². The van der Waals surface area contributed by atoms with Gasteiger partial charge in [-0.05, 0) is 43.9 Å². The molecule has 1 saturated carbocycles. The van der Waals surface area contributed by atoms with E-state index in [0.717, 1.165) is 12.8 Å². The average molecular weight is 202 g/mol. The molecular weight excluding hydrogens is 188 g/mol. The van der Waals surface area contributed by atoms with Crippen molar-refractivity contribution < 1.29 is 4.74 Å². The monoisotopic (exact) mass is 202 g/mol. The molecule has 1 aromatic carbocycles. The normalized spacial score (nSPS) is 16.2. The number of nitrogens with two attached hydrogens (primary N) is 1. The number of nitrogen functional groups attached to an aromatic ring is 1. The fourth-order valence-corrected chi connectivity index (χ4v) is 1.92. The van der Waals surface area contributed by atoms with Gasteiger partial charge in [0.2, 0.25) is 0 Å². The van der Waals surface area contributed by atoms with Crippen LogP contribution in [0.15, 0.2) is 18.2 Å². The average Bonchev–Trinajstić information content (AvgIpc) is 2.73. The SMILES string of the molecule is N#Cc1cc(N)ccc1OC1CCCC1. The molecule has 3 nitrogen and oxygen atoms in total. The van der Waals surface area contributed by atoms with E-state index >= 15 is 0 Å². The lowest BCUT2D eigenvalue weighted by Crippen LogP contribution is -2.11. The van der Waals surface area contributed by atoms with Crippen LogP contribution in [0.1, 0.15) is 31.2 Å². The summed E-state index contributed by atoms with van der Waals surface area (Å²) in [5.41, 5.74) is 6.74. The van der Waals surface area contributed by atoms with Gasteiger partial charge in [0.15, 0.2) is 0 Å². The summed E-state index contributed by atoms with van der Waals surface area (Å²) in [4.78, 5) is 0. The van der Waals surface area contributed by atoms with Crippen molar-refractivity contribution in [1.82, 2.24) is 0 Å². The molecule has 0 spiro atoms. The molecule has 2 rings (SSSR count). The number of anilines is 1. The first-order valence-corrected chi connectivity index (χ1v) is 5.26. The Morgan fingerprint density at radius 3 is 2.73 bits per heavy atom. The summed E-state index contributed by atoms with van der Waals surface area (Å²) in [6.45, 7) is 0. The highest BCUT2D eigenvalue weighted by Gasteiger charge is 2.17. The van der Waals surface area contributed by atoms with Crippen molar-refractivity contribution in [2.75, 3.05) is 5.73 Å². The van der Waals surface area contributed by atoms with Gasteiger partial charge in [0.25, 0.3) is 0 Å². The van der Waals surface area contributed by atoms with Crippen LogP contribution in [0.3, 0.4) is 0 Å². The molecule has 0 atom stereocenters. The zero-order valence-electron chi connectivity index (χ0n) is 8.57. The molecule has 1 aliphatic rings. The Labute approximate surface area is 89.5 Å². The summed E-state index contributed by atoms with van der Waals surface area (Å²) in [6, 6.07) is 7.32. The molecule has 0 unspecified atom stereocenters. The fraction of sp³-hybridized carbons (Fsp3) is 0.417. The Hall–Kier alpha value is -1.69. The molecule has 0 aliphatic heterocycles. The second kappa shape index (κ2) is 4.22. The summed E-state index contributed by atoms with van der Waals surface area (Å²) >= 11 is 0. The van der Waals surface area contributed by atoms with Crippen molar-refractivity contribution in [3.8, 4) is 11.8 Å². The summed E-state index contributed by atoms with van der Waals surface area (Å²) < 4.78 is 5.77. The first kappa shape index (κ1) is 9.85. The second-order valence-corrected chi connectivity index (χ2v) is 3.89. The maximum Gasteiger partial charge on any atom is 0.137 e. The van der Waals surface area contributed by atoms with E-state index in [4.69, 9.17) is 15.7 Å². The quantitative estimate of drug-likeness (QED) is 0.749. The number of benzene rings is 1. The first-order valence-electron chi connectivity index (χ1n) is 5.26. The van der Waals surface area contributed by atoms with E-state index < -0.39 is 0 Å². The molecule has 0 heterocycles. The third-order valence-electron chi connectivity index (χ3n) is 2.72. The van der Waals surface area contributed by atoms with E-state index in [2.05, 4.69) is 6.07 Å². The smallest absolute Gasteiger partial charge is 0.137 e. The van der Waals surface area contributed by atoms with E-state index in [9.17, 15) is 0 Å². The van der Waals surface area contributed by atoms with Crippen LogP contribution in [0.5, 0.6) is 5.75 Å². The van der Waals surface area contributed by atoms with Crippen molar-refractivity contribution in [2.24, 2.45) is 0 Å². The highest BCUT2D eigenvalue weighted by Crippen LogP contribution is 2.27. The summed E-state index contributed by atoms with van der Waals surface area (Å²) in [5, 5.41) is 8.93. The van der Waals surface area contributed by atoms with Crippen molar-refractivity contribution in [2.45, 2.75) is 31.8 Å². The van der Waals surface area contributed by atoms with Crippen LogP contribution in [0, 0.1) is 11.3 Å². The molecule has 2 N–H and O–H groups in total. The molecule has 1 aromatic rings. The number of nitrogens with zero attached hydrogens (tertiary/aromatic N) is 1. The zero-order valence-corrected chi connectivity index (χ0v) is 8.57. The van der Waals surface area contributed by atoms with Crippen LogP contribution < -0.4 is 10.5 Å². The van der Waals surface area contributed by atoms with Gasteiger partial charge in [0, 0.05) is 5.69 Å². The van der Waals surface area contributed by atoms with E-state index in [0.29, 0.717) is 17.0 Å². The van der Waals surface area contributed by atoms with Gasteiger partial charge in [-0.15, -0.1) is 0 Å². The third kappa shape index (κ3) is 2.21. The number of rotatable bonds is 2. The van der Waals surface area contributed by atoms with Crippen LogP contribution >= 0.6 is 0 Å². The largest absolute Gasteiger partial charge is 0.489 e. The van der Waals surface area contributed by atoms with Crippen molar-refractivity contribution >= 4 is 5.69 Å². The van der Waals surface area contributed by atoms with Crippen LogP contribution in [-0.2, 0) is 0 Å². The van der Waals surface area contributed by atoms with Gasteiger partial charge in [0.1, 0.15) is 11.8 Å². The van der Waals surface area contributed by atoms with Gasteiger partial charge in [-0.1, -0.05) is 0 Å². The summed E-state index contributed by atoms with van der Waals surface area (Å²) in [6.07, 6.45) is 4.91. The summed E-state index contributed by atoms with van der Waals surface area (Å²) in [5.74, 6) is 0.665. The number of hydrogen-bond acceptors (Lipinski definition) is 3. The standard InChI is InChI=1S/C12H14N2O/c13-8-9-7-10(14)5-6-12(9)15-11-3-1-2-4-11/h5-7,11H,1-4,14H2. The van der Waals surface area contributed by atoms with Gasteiger partial charge in [-0.25, -0.2) is 0 Å². The maximum absolute atomic E-state index is 8.93. The number of ether oxygens (including phenoxy) is 1. The Morgan fingerprint density at radius 2 is 2.07 bits per heavy atom. The van der Waals surface area contributed by atoms with Crippen LogP contribution in [0.2, 0.25) is 0 Å². The number of hydrogen-bond donors (Lipinski definition) is 1. The van der Waals surface area contributed by atoms with Crippen LogP contribution in [-0.4, -0.2) is 6.10 Å². The Kier molecular flexibility index (Phi) is 2.77. The molecule has 0 saturated heterocycles. The van der Waals surface area contributed by atoms with Gasteiger partial charge in [0.05, 0.1) is 11.7 Å². The molecule has 0 aromatic heterocycles. The molecule has 0 amide bonds. The Balaban J connectivity index is 2.16. The highest BCUT2D eigenvalue weighted by molar-refractivity contribution is 5.53. The van der Waals surface area contributed by atoms with Gasteiger partial charge < -0.3 is 10.5 Å². The molecule has 1 aliphatic carbocycles. The lowest BCUT2D eigenvalue weighted by atomic mass is 10.2. The third-order valence-corrected chi connectivity index (χ3v) is 2.72. The Bertz CT molecular complexity index is 389. The molecule has 0 radical (unpaired) electrons. The predicted molar refractivity (Wildman–Crippen MR) is 58.5 cm³/mol. The zero-order chi connectivity index (χ0) is 10.7. The molecule has 0 bridgehead atoms. The minimum atomic E-state index is 0.278. The Morgan fingerprint density at radius 1 is 1.33 bits per heavy atom. The lowest BCUT2D eigenvalue weighted by Gasteiger charge is -2.14. The topological polar surface area (TPSA) is 59.0 Å². The lowest BCUT2D eigenvalue weighted by molar-refractivity contribution is 0.209. The highest BCUT2D eigenvalue weighted by atomic mass is 16.5. The van der Waals surface area contributed by atoms with Gasteiger partial charge in [-0.3, -0.25) is 0 Å². The van der Waals surface area contributed by atoms with E-state index in [1.807, 2.05) is 0 Å². The second-order valence-electron chi connectivity index (χ2n) is 3.89. The van der Waals surface area contributed by atoms with E-state index in [1.165, 1.54) is 12.8 Å². The molecule has 15 heavy (non-hydrogen) atoms. The molecular formula is C12H14N2O. The van der Waals surface area contributed by atoms with Gasteiger partial charge in [-0.2, -0.15) is 5.26 Å². The van der Waals surface area contributed by atoms with Crippen LogP contribution in [0.25, 0.3) is 0 Å². The molecule has 3 heteroatoms. The van der Waals surface area contributed by atoms with Crippen molar-refractivity contribution in [3.63, 3.8) is 0 Å². The summed E-state index contributed by atoms with van der Waals surface area (Å²) in [7, 11) is 0. The first-order chi connectivity index (χ1) is 7.29. The predicted octanol–water partition coefficient (Wildman–Crippen LogP) is 2.46. The van der Waals surface area contributed by atoms with E-state index in [-0.39, 0.29) is 6.10 Å². The minimum Gasteiger partial charge on any atom is -0.489 e. The molecule has 78 valence electrons. The van der Waals surface area contributed by atoms with Crippen LogP contribution in [0.4, 0.5) is 5.69 Å². The van der Waals surface area contributed by atoms with Crippen molar-refractivity contribution in [1.29, 1.82) is 5.26 Å². The fourth-order valence-electron chi connectivity index (χ4n) is 1.92. The number of nitriles is 1. The van der Waals surface area contributed by atoms with Crippen molar-refractivity contribution in [3.05, 3.63) is 23.8 Å². The molecule has 1 fully saturated rings. The minimum absolute atomic E-state index is 0.278.